The Morgan fingerprint density at radius 1 is 0.830 bits per heavy atom. The van der Waals surface area contributed by atoms with Gasteiger partial charge in [0, 0.05) is 11.4 Å². The first-order chi connectivity index (χ1) is 21.6. The van der Waals surface area contributed by atoms with Crippen LogP contribution in [-0.2, 0) is 27.9 Å². The second-order valence-corrected chi connectivity index (χ2v) is 23.3. The SMILES string of the molecule is CC(C)[C@@H]1C[C@@H]2C(c3cc(C(C)(C)C)cc(C(C)(C)C)c3)=CC=C[C@@H]2C1[Si](C)(C)N1c2ccccc2[N-]c2ccccc21.[CH3-].[Cl][Ti][Cl]. The summed E-state index contributed by atoms with van der Waals surface area (Å²) in [6.07, 6.45) is 8.69. The summed E-state index contributed by atoms with van der Waals surface area (Å²) in [5, 5.41) is 5.10. The molecule has 1 fully saturated rings. The topological polar surface area (TPSA) is 17.3 Å². The van der Waals surface area contributed by atoms with Gasteiger partial charge >= 0.3 is 35.6 Å². The fourth-order valence-corrected chi connectivity index (χ4v) is 13.1. The van der Waals surface area contributed by atoms with Crippen molar-refractivity contribution in [3.63, 3.8) is 0 Å². The van der Waals surface area contributed by atoms with E-state index in [0.717, 1.165) is 11.4 Å². The number of hydrogen-bond donors (Lipinski definition) is 0. The van der Waals surface area contributed by atoms with Crippen LogP contribution in [0.2, 0.25) is 18.6 Å². The van der Waals surface area contributed by atoms with E-state index in [2.05, 4.69) is 158 Å². The van der Waals surface area contributed by atoms with Gasteiger partial charge in [-0.3, -0.25) is 0 Å². The molecule has 2 aliphatic carbocycles. The number of nitrogens with zero attached hydrogens (tertiary/aromatic N) is 2. The van der Waals surface area contributed by atoms with E-state index in [0.29, 0.717) is 29.2 Å². The fourth-order valence-electron chi connectivity index (χ4n) is 8.31. The molecule has 0 saturated heterocycles. The van der Waals surface area contributed by atoms with Gasteiger partial charge in [-0.05, 0) is 80.9 Å². The van der Waals surface area contributed by atoms with E-state index in [1.54, 1.807) is 5.57 Å². The van der Waals surface area contributed by atoms with Crippen LogP contribution in [0.5, 0.6) is 0 Å². The Morgan fingerprint density at radius 2 is 1.32 bits per heavy atom. The Hall–Kier alpha value is -1.75. The normalized spacial score (nSPS) is 21.7. The summed E-state index contributed by atoms with van der Waals surface area (Å²) in [5.41, 5.74) is 11.5. The van der Waals surface area contributed by atoms with Crippen molar-refractivity contribution in [2.75, 3.05) is 4.57 Å². The van der Waals surface area contributed by atoms with Crippen molar-refractivity contribution in [3.8, 4) is 0 Å². The van der Waals surface area contributed by atoms with Gasteiger partial charge in [-0.15, -0.1) is 11.4 Å². The van der Waals surface area contributed by atoms with Gasteiger partial charge in [0.25, 0.3) is 0 Å². The van der Waals surface area contributed by atoms with Crippen molar-refractivity contribution in [2.45, 2.75) is 91.3 Å². The van der Waals surface area contributed by atoms with Gasteiger partial charge < -0.3 is 17.3 Å². The van der Waals surface area contributed by atoms with Gasteiger partial charge in [-0.1, -0.05) is 141 Å². The average Bonchev–Trinajstić information content (AvgIpc) is 3.40. The van der Waals surface area contributed by atoms with Crippen LogP contribution in [-0.4, -0.2) is 8.24 Å². The average molecular weight is 722 g/mol. The molecule has 3 aromatic rings. The summed E-state index contributed by atoms with van der Waals surface area (Å²) >= 11 is -0.556. The first-order valence-corrected chi connectivity index (χ1v) is 24.1. The predicted molar refractivity (Wildman–Crippen MR) is 208 cm³/mol. The molecule has 0 bridgehead atoms. The molecular formula is C41H54Cl2N2SiTi-2. The molecule has 6 rings (SSSR count). The zero-order valence-corrected chi connectivity index (χ0v) is 34.4. The Kier molecular flexibility index (Phi) is 11.8. The van der Waals surface area contributed by atoms with Gasteiger partial charge in [0.2, 0.25) is 0 Å². The van der Waals surface area contributed by atoms with E-state index >= 15 is 0 Å². The van der Waals surface area contributed by atoms with Crippen LogP contribution in [0.4, 0.5) is 22.7 Å². The number of rotatable bonds is 4. The number of allylic oxidation sites excluding steroid dienone is 4. The molecule has 0 radical (unpaired) electrons. The molecule has 3 aliphatic rings. The Bertz CT molecular complexity index is 1540. The minimum atomic E-state index is -2.12. The van der Waals surface area contributed by atoms with Gasteiger partial charge in [0.15, 0.2) is 8.24 Å². The Morgan fingerprint density at radius 3 is 1.79 bits per heavy atom. The van der Waals surface area contributed by atoms with Crippen LogP contribution in [0.1, 0.15) is 78.5 Å². The molecule has 4 atom stereocenters. The summed E-state index contributed by atoms with van der Waals surface area (Å²) in [4.78, 5) is 0. The molecule has 6 heteroatoms. The Balaban J connectivity index is 0.00000120. The van der Waals surface area contributed by atoms with E-state index in [9.17, 15) is 0 Å². The molecule has 252 valence electrons. The first-order valence-electron chi connectivity index (χ1n) is 16.8. The number of benzene rings is 3. The quantitative estimate of drug-likeness (QED) is 0.194. The molecule has 0 N–H and O–H groups in total. The van der Waals surface area contributed by atoms with Crippen molar-refractivity contribution in [2.24, 2.45) is 23.7 Å². The van der Waals surface area contributed by atoms with Crippen LogP contribution in [0.25, 0.3) is 10.9 Å². The van der Waals surface area contributed by atoms with Crippen molar-refractivity contribution in [1.82, 2.24) is 0 Å². The summed E-state index contributed by atoms with van der Waals surface area (Å²) in [6.45, 7) is 24.3. The first kappa shape index (κ1) is 38.1. The summed E-state index contributed by atoms with van der Waals surface area (Å²) in [6, 6.07) is 25.1. The number of para-hydroxylation sites is 4. The van der Waals surface area contributed by atoms with Crippen LogP contribution >= 0.6 is 18.6 Å². The maximum absolute atomic E-state index is 5.10. The second-order valence-electron chi connectivity index (χ2n) is 16.3. The zero-order valence-electron chi connectivity index (χ0n) is 30.3. The number of fused-ring (bicyclic) bond motifs is 3. The Labute approximate surface area is 304 Å². The van der Waals surface area contributed by atoms with Gasteiger partial charge in [0.1, 0.15) is 0 Å². The minimum absolute atomic E-state index is 0. The van der Waals surface area contributed by atoms with E-state index in [1.807, 2.05) is 0 Å². The van der Waals surface area contributed by atoms with Crippen LogP contribution in [0.3, 0.4) is 0 Å². The molecule has 3 aromatic carbocycles. The summed E-state index contributed by atoms with van der Waals surface area (Å²) in [7, 11) is 7.65. The molecule has 1 unspecified atom stereocenters. The monoisotopic (exact) mass is 720 g/mol. The van der Waals surface area contributed by atoms with Gasteiger partial charge in [-0.2, -0.15) is 0 Å². The third-order valence-electron chi connectivity index (χ3n) is 10.6. The molecule has 0 amide bonds. The molecule has 1 saturated carbocycles. The third kappa shape index (κ3) is 7.56. The molecule has 1 heterocycles. The van der Waals surface area contributed by atoms with Gasteiger partial charge in [-0.25, -0.2) is 0 Å². The summed E-state index contributed by atoms with van der Waals surface area (Å²) < 4.78 is 2.77. The van der Waals surface area contributed by atoms with Crippen molar-refractivity contribution in [1.29, 1.82) is 0 Å². The van der Waals surface area contributed by atoms with E-state index in [1.165, 1.54) is 34.5 Å². The molecule has 0 spiro atoms. The van der Waals surface area contributed by atoms with Crippen molar-refractivity contribution in [3.05, 3.63) is 114 Å². The van der Waals surface area contributed by atoms with E-state index in [4.69, 9.17) is 23.9 Å². The van der Waals surface area contributed by atoms with E-state index in [-0.39, 0.29) is 18.3 Å². The number of anilines is 2. The maximum atomic E-state index is 5.10. The van der Waals surface area contributed by atoms with Crippen LogP contribution in [0, 0.1) is 31.1 Å². The molecule has 0 aromatic heterocycles. The number of halogens is 2. The molecular weight excluding hydrogens is 667 g/mol. The molecule has 47 heavy (non-hydrogen) atoms. The number of hydrogen-bond acceptors (Lipinski definition) is 1. The fraction of sp³-hybridized carbons (Fsp3) is 0.439. The van der Waals surface area contributed by atoms with E-state index < -0.39 is 25.3 Å². The third-order valence-corrected chi connectivity index (χ3v) is 14.7. The second kappa shape index (κ2) is 14.6. The van der Waals surface area contributed by atoms with Crippen LogP contribution in [0.15, 0.2) is 85.0 Å². The zero-order chi connectivity index (χ0) is 33.6. The predicted octanol–water partition coefficient (Wildman–Crippen LogP) is 14.0. The summed E-state index contributed by atoms with van der Waals surface area (Å²) in [5.74, 6) is 2.36. The van der Waals surface area contributed by atoms with Crippen molar-refractivity contribution < 1.29 is 17.0 Å². The molecule has 1 aliphatic heterocycles. The van der Waals surface area contributed by atoms with Crippen LogP contribution < -0.4 is 4.57 Å². The molecule has 2 nitrogen and oxygen atoms in total. The standard InChI is InChI=1S/C40H51N2Si.CH3.2ClH.Ti/c1-26(2)32-25-33-30(27-22-28(39(3,4)5)24-29(23-27)40(6,7)8)16-15-17-31(33)38(32)43(9,10)42-36-20-13-11-18-34(36)41-35-19-12-14-21-37(35)42;;;;/h11-24,26,31-33,38H,25H2,1-10H3;1H3;2*1H;/q2*-1;;;+2/p-2/t31-,32-,33+,38?;;;;/m0..../s1. The van der Waals surface area contributed by atoms with Gasteiger partial charge in [0.05, 0.1) is 0 Å². The van der Waals surface area contributed by atoms with Crippen molar-refractivity contribution >= 4 is 55.2 Å².